The minimum absolute atomic E-state index is 0. The van der Waals surface area contributed by atoms with Crippen LogP contribution in [0.1, 0.15) is 1.43 Å². The summed E-state index contributed by atoms with van der Waals surface area (Å²) >= 11 is 0. The molecule has 4 N–H and O–H groups in total. The fraction of sp³-hybridized carbons (Fsp3) is 0. The van der Waals surface area contributed by atoms with Crippen molar-refractivity contribution in [3.63, 3.8) is 0 Å². The van der Waals surface area contributed by atoms with Gasteiger partial charge in [-0.1, -0.05) is 0 Å². The molecule has 0 rings (SSSR count). The standard InChI is InChI=1S/CH2O3.Na.H2O4S.Zn.H/c2-1(3)4;;1-5(2,3)4;;/h(H2,2,3,4);;(H2,1,2,3,4);;/q;+1;;;-1. The molecule has 0 aliphatic carbocycles. The molecule has 0 spiro atoms. The molecule has 0 aromatic rings. The molecular weight excluding hydrogens is 244 g/mol. The summed E-state index contributed by atoms with van der Waals surface area (Å²) in [6.45, 7) is 0. The maximum Gasteiger partial charge on any atom is 1.00 e. The van der Waals surface area contributed by atoms with Crippen LogP contribution in [0.5, 0.6) is 0 Å². The van der Waals surface area contributed by atoms with Crippen LogP contribution in [0.3, 0.4) is 0 Å². The van der Waals surface area contributed by atoms with E-state index in [0.29, 0.717) is 0 Å². The van der Waals surface area contributed by atoms with Crippen molar-refractivity contribution in [2.75, 3.05) is 0 Å². The van der Waals surface area contributed by atoms with Gasteiger partial charge in [-0.15, -0.1) is 0 Å². The fourth-order valence-corrected chi connectivity index (χ4v) is 0. The predicted octanol–water partition coefficient (Wildman–Crippen LogP) is -3.32. The van der Waals surface area contributed by atoms with Gasteiger partial charge in [0.25, 0.3) is 0 Å². The van der Waals surface area contributed by atoms with Crippen LogP contribution < -0.4 is 29.6 Å². The van der Waals surface area contributed by atoms with Crippen molar-refractivity contribution in [1.82, 2.24) is 0 Å². The fourth-order valence-electron chi connectivity index (χ4n) is 0. The van der Waals surface area contributed by atoms with E-state index in [4.69, 9.17) is 32.5 Å². The van der Waals surface area contributed by atoms with Gasteiger partial charge in [0.15, 0.2) is 0 Å². The molecule has 0 radical (unpaired) electrons. The summed E-state index contributed by atoms with van der Waals surface area (Å²) in [5.74, 6) is 0. The van der Waals surface area contributed by atoms with E-state index in [1.807, 2.05) is 0 Å². The van der Waals surface area contributed by atoms with Gasteiger partial charge in [-0.2, -0.15) is 8.42 Å². The van der Waals surface area contributed by atoms with Crippen LogP contribution in [-0.4, -0.2) is 33.9 Å². The molecule has 0 aromatic heterocycles. The zero-order valence-electron chi connectivity index (χ0n) is 6.63. The Morgan fingerprint density at radius 2 is 1.18 bits per heavy atom. The van der Waals surface area contributed by atoms with E-state index in [1.54, 1.807) is 0 Å². The SMILES string of the molecule is O=C(O)O.O=S(=O)(O)O.[H-].[Na+].[Zn]. The van der Waals surface area contributed by atoms with Gasteiger partial charge in [-0.25, -0.2) is 4.79 Å². The molecule has 0 amide bonds. The molecule has 60 valence electrons. The Morgan fingerprint density at radius 1 is 1.18 bits per heavy atom. The summed E-state index contributed by atoms with van der Waals surface area (Å²) in [5, 5.41) is 13.9. The first kappa shape index (κ1) is 22.6. The summed E-state index contributed by atoms with van der Waals surface area (Å²) in [6.07, 6.45) is -1.83. The molecular formula is CH5NaO7SZn. The molecule has 0 saturated carbocycles. The Balaban J connectivity index is -0.0000000221. The second-order valence-corrected chi connectivity index (χ2v) is 1.63. The van der Waals surface area contributed by atoms with E-state index in [2.05, 4.69) is 0 Å². The van der Waals surface area contributed by atoms with E-state index in [9.17, 15) is 0 Å². The third kappa shape index (κ3) is 1420. The van der Waals surface area contributed by atoms with E-state index >= 15 is 0 Å². The van der Waals surface area contributed by atoms with Gasteiger partial charge in [0.2, 0.25) is 0 Å². The Labute approximate surface area is 98.9 Å². The van der Waals surface area contributed by atoms with Crippen molar-refractivity contribution >= 4 is 16.6 Å². The summed E-state index contributed by atoms with van der Waals surface area (Å²) in [5.41, 5.74) is 0. The third-order valence-corrected chi connectivity index (χ3v) is 0. The van der Waals surface area contributed by atoms with Crippen molar-refractivity contribution in [3.8, 4) is 0 Å². The van der Waals surface area contributed by atoms with Gasteiger partial charge in [-0.3, -0.25) is 9.11 Å². The first-order valence-corrected chi connectivity index (χ1v) is 2.75. The Morgan fingerprint density at radius 3 is 1.18 bits per heavy atom. The van der Waals surface area contributed by atoms with Gasteiger partial charge in [0.1, 0.15) is 0 Å². The number of carbonyl (C=O) groups is 1. The smallest absolute Gasteiger partial charge is 1.00 e. The molecule has 0 aliphatic heterocycles. The first-order valence-electron chi connectivity index (χ1n) is 1.35. The monoisotopic (exact) mass is 248 g/mol. The van der Waals surface area contributed by atoms with Crippen molar-refractivity contribution in [3.05, 3.63) is 0 Å². The summed E-state index contributed by atoms with van der Waals surface area (Å²) in [4.78, 5) is 8.56. The predicted molar refractivity (Wildman–Crippen MR) is 25.9 cm³/mol. The normalized spacial score (nSPS) is 7.45. The Bertz CT molecular complexity index is 166. The maximum atomic E-state index is 8.74. The van der Waals surface area contributed by atoms with Crippen LogP contribution in [0.25, 0.3) is 0 Å². The van der Waals surface area contributed by atoms with Gasteiger partial charge < -0.3 is 11.6 Å². The molecule has 7 nitrogen and oxygen atoms in total. The molecule has 0 saturated heterocycles. The minimum atomic E-state index is -4.67. The summed E-state index contributed by atoms with van der Waals surface area (Å²) in [6, 6.07) is 0. The van der Waals surface area contributed by atoms with E-state index in [0.717, 1.165) is 0 Å². The largest absolute Gasteiger partial charge is 1.00 e. The van der Waals surface area contributed by atoms with Crippen molar-refractivity contribution < 1.29 is 83.0 Å². The molecule has 0 aliphatic rings. The average molecular weight is 249 g/mol. The second kappa shape index (κ2) is 10.8. The molecule has 11 heavy (non-hydrogen) atoms. The topological polar surface area (TPSA) is 132 Å². The van der Waals surface area contributed by atoms with Crippen LogP contribution >= 0.6 is 0 Å². The van der Waals surface area contributed by atoms with E-state index in [1.165, 1.54) is 0 Å². The second-order valence-electron chi connectivity index (χ2n) is 0.730. The molecule has 0 heterocycles. The van der Waals surface area contributed by atoms with Crippen LogP contribution in [-0.2, 0) is 29.9 Å². The number of carboxylic acid groups (broad SMARTS) is 2. The van der Waals surface area contributed by atoms with Crippen molar-refractivity contribution in [2.45, 2.75) is 0 Å². The van der Waals surface area contributed by atoms with Gasteiger partial charge in [0, 0.05) is 19.5 Å². The third-order valence-electron chi connectivity index (χ3n) is 0. The van der Waals surface area contributed by atoms with Crippen LogP contribution in [0.4, 0.5) is 4.79 Å². The first-order chi connectivity index (χ1) is 3.73. The van der Waals surface area contributed by atoms with Crippen molar-refractivity contribution in [1.29, 1.82) is 0 Å². The number of rotatable bonds is 0. The van der Waals surface area contributed by atoms with E-state index < -0.39 is 16.6 Å². The van der Waals surface area contributed by atoms with Crippen LogP contribution in [0, 0.1) is 0 Å². The Hall–Kier alpha value is 0.763. The van der Waals surface area contributed by atoms with Gasteiger partial charge in [-0.05, 0) is 0 Å². The zero-order chi connectivity index (χ0) is 8.08. The molecule has 0 bridgehead atoms. The molecule has 0 unspecified atom stereocenters. The zero-order valence-corrected chi connectivity index (χ0v) is 11.4. The molecule has 0 fully saturated rings. The maximum absolute atomic E-state index is 8.74. The average Bonchev–Trinajstić information content (AvgIpc) is 1.19. The van der Waals surface area contributed by atoms with Crippen LogP contribution in [0.15, 0.2) is 0 Å². The Kier molecular flexibility index (Phi) is 22.1. The number of hydrogen-bond acceptors (Lipinski definition) is 3. The van der Waals surface area contributed by atoms with E-state index in [-0.39, 0.29) is 50.5 Å². The molecule has 0 aromatic carbocycles. The summed E-state index contributed by atoms with van der Waals surface area (Å²) < 4.78 is 31.6. The van der Waals surface area contributed by atoms with Gasteiger partial charge in [0.05, 0.1) is 0 Å². The minimum Gasteiger partial charge on any atom is -1.00 e. The molecule has 0 atom stereocenters. The number of hydrogen-bond donors (Lipinski definition) is 4. The van der Waals surface area contributed by atoms with Gasteiger partial charge >= 0.3 is 46.1 Å². The van der Waals surface area contributed by atoms with Crippen molar-refractivity contribution in [2.24, 2.45) is 0 Å². The quantitative estimate of drug-likeness (QED) is 0.261. The summed E-state index contributed by atoms with van der Waals surface area (Å²) in [7, 11) is -4.67. The van der Waals surface area contributed by atoms with Crippen LogP contribution in [0.2, 0.25) is 0 Å². The molecule has 10 heteroatoms.